The molecule has 2 N–H and O–H groups in total. The van der Waals surface area contributed by atoms with Gasteiger partial charge in [0.1, 0.15) is 12.3 Å². The first-order valence-electron chi connectivity index (χ1n) is 14.8. The van der Waals surface area contributed by atoms with E-state index in [9.17, 15) is 32.3 Å². The van der Waals surface area contributed by atoms with Gasteiger partial charge in [-0.25, -0.2) is 4.79 Å². The number of benzene rings is 4. The molecule has 6 rings (SSSR count). The Morgan fingerprint density at radius 3 is 2.16 bits per heavy atom. The first-order valence-corrected chi connectivity index (χ1v) is 14.8. The molecule has 0 spiro atoms. The van der Waals surface area contributed by atoms with Gasteiger partial charge < -0.3 is 20.3 Å². The second kappa shape index (κ2) is 12.7. The van der Waals surface area contributed by atoms with Gasteiger partial charge in [-0.05, 0) is 60.7 Å². The summed E-state index contributed by atoms with van der Waals surface area (Å²) in [6.07, 6.45) is -4.79. The number of fused-ring (bicyclic) bond motifs is 1. The smallest absolute Gasteiger partial charge is 0.442 e. The Balaban J connectivity index is 1.32. The highest BCUT2D eigenvalue weighted by Gasteiger charge is 2.65. The second-order valence-corrected chi connectivity index (χ2v) is 11.1. The van der Waals surface area contributed by atoms with Crippen LogP contribution in [0.15, 0.2) is 113 Å². The van der Waals surface area contributed by atoms with Crippen LogP contribution in [0.1, 0.15) is 5.56 Å². The van der Waals surface area contributed by atoms with E-state index in [1.807, 2.05) is 0 Å². The molecule has 2 heterocycles. The lowest BCUT2D eigenvalue weighted by Crippen LogP contribution is -2.56. The summed E-state index contributed by atoms with van der Waals surface area (Å²) in [5, 5.41) is 11.1. The number of urea groups is 1. The molecule has 0 saturated carbocycles. The summed E-state index contributed by atoms with van der Waals surface area (Å²) in [7, 11) is 3.04. The molecule has 15 heteroatoms. The molecule has 4 aromatic carbocycles. The number of hydrogen-bond acceptors (Lipinski definition) is 7. The van der Waals surface area contributed by atoms with Crippen molar-refractivity contribution in [3.63, 3.8) is 0 Å². The van der Waals surface area contributed by atoms with Gasteiger partial charge in [0.15, 0.2) is 6.04 Å². The van der Waals surface area contributed by atoms with Gasteiger partial charge >= 0.3 is 17.9 Å². The third kappa shape index (κ3) is 6.25. The summed E-state index contributed by atoms with van der Waals surface area (Å²) in [6, 6.07) is 23.5. The van der Waals surface area contributed by atoms with Crippen LogP contribution >= 0.6 is 0 Å². The Labute approximate surface area is 277 Å². The Bertz CT molecular complexity index is 1950. The molecule has 2 aliphatic rings. The quantitative estimate of drug-likeness (QED) is 0.230. The largest absolute Gasteiger partial charge is 0.497 e. The fraction of sp³-hybridized carbons (Fsp3) is 0.176. The minimum absolute atomic E-state index is 0.0687. The van der Waals surface area contributed by atoms with Crippen molar-refractivity contribution in [1.29, 1.82) is 0 Å². The zero-order valence-electron chi connectivity index (χ0n) is 26.0. The Kier molecular flexibility index (Phi) is 8.50. The van der Waals surface area contributed by atoms with E-state index in [0.717, 1.165) is 11.0 Å². The number of alkyl halides is 3. The highest BCUT2D eigenvalue weighted by Crippen LogP contribution is 2.52. The summed E-state index contributed by atoms with van der Waals surface area (Å²) in [4.78, 5) is 59.2. The summed E-state index contributed by atoms with van der Waals surface area (Å²) < 4.78 is 46.0. The molecule has 0 bridgehead atoms. The summed E-state index contributed by atoms with van der Waals surface area (Å²) >= 11 is 0. The minimum atomic E-state index is -4.79. The fourth-order valence-corrected chi connectivity index (χ4v) is 5.39. The van der Waals surface area contributed by atoms with Crippen LogP contribution in [0.2, 0.25) is 0 Å². The molecule has 49 heavy (non-hydrogen) atoms. The van der Waals surface area contributed by atoms with Crippen LogP contribution in [0.3, 0.4) is 0 Å². The molecular formula is C34H28F3N7O5. The molecular weight excluding hydrogens is 643 g/mol. The van der Waals surface area contributed by atoms with Crippen molar-refractivity contribution in [2.24, 2.45) is 10.2 Å². The minimum Gasteiger partial charge on any atom is -0.497 e. The molecule has 0 aliphatic carbocycles. The maximum absolute atomic E-state index is 14.3. The topological polar surface area (TPSA) is 136 Å². The van der Waals surface area contributed by atoms with Gasteiger partial charge in [0, 0.05) is 29.7 Å². The average molecular weight is 672 g/mol. The zero-order valence-corrected chi connectivity index (χ0v) is 26.0. The van der Waals surface area contributed by atoms with Crippen molar-refractivity contribution in [3.05, 3.63) is 109 Å². The Hall–Kier alpha value is -6.25. The summed E-state index contributed by atoms with van der Waals surface area (Å²) in [6.45, 7) is -0.511. The SMILES string of the molecule is COc1ccc(N(C)C(=O)CN2C(=O)C(NC(=O)Nc3cccc(C4(C(F)(F)F)N=N4)c3)C(=O)N(c3ccccc3)c3ccccc32)cc1. The van der Waals surface area contributed by atoms with Crippen molar-refractivity contribution in [2.75, 3.05) is 40.7 Å². The number of likely N-dealkylation sites (N-methyl/N-ethyl adjacent to an activating group) is 1. The highest BCUT2D eigenvalue weighted by molar-refractivity contribution is 6.25. The molecule has 250 valence electrons. The van der Waals surface area contributed by atoms with Crippen molar-refractivity contribution >= 4 is 52.2 Å². The molecule has 0 fully saturated rings. The summed E-state index contributed by atoms with van der Waals surface area (Å²) in [5.74, 6) is -1.68. The van der Waals surface area contributed by atoms with Gasteiger partial charge in [-0.2, -0.15) is 13.2 Å². The molecule has 4 aromatic rings. The standard InChI is InChI=1S/C34H28F3N7O5/c1-42(23-15-17-25(49-2)18-16-23)28(45)20-43-26-13-6-7-14-27(26)44(24-11-4-3-5-12-24)31(47)29(30(43)46)39-32(48)38-22-10-8-9-21(19-22)33(40-41-33)34(35,36)37/h3-19,29H,20H2,1-2H3,(H2,38,39,48). The van der Waals surface area contributed by atoms with Crippen molar-refractivity contribution in [2.45, 2.75) is 17.9 Å². The van der Waals surface area contributed by atoms with E-state index in [1.54, 1.807) is 78.9 Å². The number of nitrogens with zero attached hydrogens (tertiary/aromatic N) is 5. The first-order chi connectivity index (χ1) is 23.4. The second-order valence-electron chi connectivity index (χ2n) is 11.1. The van der Waals surface area contributed by atoms with E-state index in [0.29, 0.717) is 17.1 Å². The van der Waals surface area contributed by atoms with Crippen LogP contribution in [0.5, 0.6) is 5.75 Å². The van der Waals surface area contributed by atoms with Crippen LogP contribution in [-0.2, 0) is 20.0 Å². The van der Waals surface area contributed by atoms with E-state index in [1.165, 1.54) is 42.2 Å². The third-order valence-corrected chi connectivity index (χ3v) is 8.03. The molecule has 1 unspecified atom stereocenters. The van der Waals surface area contributed by atoms with Gasteiger partial charge in [0.25, 0.3) is 11.8 Å². The van der Waals surface area contributed by atoms with E-state index in [2.05, 4.69) is 20.9 Å². The number of halogens is 3. The normalized spacial score (nSPS) is 16.4. The van der Waals surface area contributed by atoms with Gasteiger partial charge in [-0.15, -0.1) is 10.2 Å². The van der Waals surface area contributed by atoms with Crippen molar-refractivity contribution in [3.8, 4) is 5.75 Å². The van der Waals surface area contributed by atoms with E-state index >= 15 is 0 Å². The van der Waals surface area contributed by atoms with Crippen LogP contribution in [-0.4, -0.2) is 56.7 Å². The molecule has 5 amide bonds. The van der Waals surface area contributed by atoms with E-state index in [4.69, 9.17) is 4.74 Å². The number of ether oxygens (including phenoxy) is 1. The number of methoxy groups -OCH3 is 1. The van der Waals surface area contributed by atoms with Crippen LogP contribution in [0, 0.1) is 0 Å². The predicted octanol–water partition coefficient (Wildman–Crippen LogP) is 5.74. The molecule has 12 nitrogen and oxygen atoms in total. The third-order valence-electron chi connectivity index (χ3n) is 8.03. The molecule has 0 aromatic heterocycles. The van der Waals surface area contributed by atoms with E-state index < -0.39 is 48.2 Å². The van der Waals surface area contributed by atoms with E-state index in [-0.39, 0.29) is 22.6 Å². The molecule has 1 atom stereocenters. The lowest BCUT2D eigenvalue weighted by atomic mass is 10.0. The number of amides is 5. The van der Waals surface area contributed by atoms with Crippen molar-refractivity contribution < 1.29 is 37.1 Å². The molecule has 0 saturated heterocycles. The van der Waals surface area contributed by atoms with Crippen LogP contribution in [0.25, 0.3) is 0 Å². The number of carbonyl (C=O) groups excluding carboxylic acids is 4. The molecule has 2 aliphatic heterocycles. The highest BCUT2D eigenvalue weighted by atomic mass is 19.4. The lowest BCUT2D eigenvalue weighted by Gasteiger charge is -2.27. The monoisotopic (exact) mass is 671 g/mol. The number of nitrogens with one attached hydrogen (secondary N) is 2. The fourth-order valence-electron chi connectivity index (χ4n) is 5.39. The predicted molar refractivity (Wildman–Crippen MR) is 174 cm³/mol. The van der Waals surface area contributed by atoms with Crippen LogP contribution < -0.4 is 30.1 Å². The Morgan fingerprint density at radius 1 is 0.878 bits per heavy atom. The van der Waals surface area contributed by atoms with Gasteiger partial charge in [-0.1, -0.05) is 42.5 Å². The van der Waals surface area contributed by atoms with Gasteiger partial charge in [0.05, 0.1) is 18.5 Å². The number of rotatable bonds is 8. The maximum atomic E-state index is 14.3. The molecule has 0 radical (unpaired) electrons. The number of para-hydroxylation sites is 3. The lowest BCUT2D eigenvalue weighted by molar-refractivity contribution is -0.166. The number of carbonyl (C=O) groups is 4. The summed E-state index contributed by atoms with van der Waals surface area (Å²) in [5.41, 5.74) is -1.71. The van der Waals surface area contributed by atoms with Crippen LogP contribution in [0.4, 0.5) is 46.4 Å². The first kappa shape index (κ1) is 32.7. The maximum Gasteiger partial charge on any atom is 0.442 e. The number of anilines is 5. The average Bonchev–Trinajstić information content (AvgIpc) is 3.93. The van der Waals surface area contributed by atoms with Gasteiger partial charge in [-0.3, -0.25) is 24.2 Å². The zero-order chi connectivity index (χ0) is 34.9. The number of hydrogen-bond donors (Lipinski definition) is 2. The van der Waals surface area contributed by atoms with Crippen molar-refractivity contribution in [1.82, 2.24) is 5.32 Å². The van der Waals surface area contributed by atoms with Gasteiger partial charge in [0.2, 0.25) is 5.91 Å². The Morgan fingerprint density at radius 2 is 1.53 bits per heavy atom.